The van der Waals surface area contributed by atoms with Gasteiger partial charge in [-0.2, -0.15) is 0 Å². The molecule has 2 aromatic rings. The molecule has 0 amide bonds. The molecule has 0 aliphatic rings. The number of hydrogen-bond donors (Lipinski definition) is 1. The molecular weight excluding hydrogens is 230 g/mol. The second-order valence-corrected chi connectivity index (χ2v) is 5.05. The Hall–Kier alpha value is -1.39. The molecule has 0 bridgehead atoms. The van der Waals surface area contributed by atoms with Gasteiger partial charge in [0.1, 0.15) is 0 Å². The van der Waals surface area contributed by atoms with Crippen LogP contribution < -0.4 is 5.73 Å². The molecule has 0 saturated heterocycles. The molecule has 4 heteroatoms. The molecule has 0 radical (unpaired) electrons. The van der Waals surface area contributed by atoms with Crippen LogP contribution in [0.5, 0.6) is 0 Å². The largest absolute Gasteiger partial charge is 0.327 e. The van der Waals surface area contributed by atoms with Crippen molar-refractivity contribution in [3.8, 4) is 0 Å². The number of aromatic nitrogens is 2. The van der Waals surface area contributed by atoms with E-state index in [0.717, 1.165) is 10.6 Å². The van der Waals surface area contributed by atoms with Crippen molar-refractivity contribution in [1.82, 2.24) is 9.97 Å². The molecule has 88 valence electrons. The van der Waals surface area contributed by atoms with Crippen LogP contribution >= 0.6 is 11.8 Å². The van der Waals surface area contributed by atoms with E-state index in [9.17, 15) is 0 Å². The molecule has 17 heavy (non-hydrogen) atoms. The van der Waals surface area contributed by atoms with E-state index in [2.05, 4.69) is 9.97 Å². The van der Waals surface area contributed by atoms with Crippen molar-refractivity contribution in [3.63, 3.8) is 0 Å². The monoisotopic (exact) mass is 245 g/mol. The average Bonchev–Trinajstić information content (AvgIpc) is 2.38. The van der Waals surface area contributed by atoms with Crippen LogP contribution in [0.15, 0.2) is 53.8 Å². The van der Waals surface area contributed by atoms with Gasteiger partial charge in [-0.05, 0) is 31.2 Å². The highest BCUT2D eigenvalue weighted by atomic mass is 32.2. The second kappa shape index (κ2) is 5.80. The van der Waals surface area contributed by atoms with E-state index >= 15 is 0 Å². The van der Waals surface area contributed by atoms with Crippen LogP contribution in [0.1, 0.15) is 17.9 Å². The Bertz CT molecular complexity index is 445. The first kappa shape index (κ1) is 12.1. The van der Waals surface area contributed by atoms with Crippen molar-refractivity contribution in [2.24, 2.45) is 5.73 Å². The summed E-state index contributed by atoms with van der Waals surface area (Å²) in [5, 5.41) is 0.165. The fourth-order valence-electron chi connectivity index (χ4n) is 1.54. The number of rotatable bonds is 4. The zero-order valence-electron chi connectivity index (χ0n) is 9.65. The zero-order valence-corrected chi connectivity index (χ0v) is 10.5. The minimum absolute atomic E-state index is 0.0445. The van der Waals surface area contributed by atoms with Gasteiger partial charge in [-0.15, -0.1) is 11.8 Å². The molecule has 2 heterocycles. The van der Waals surface area contributed by atoms with Gasteiger partial charge in [-0.1, -0.05) is 6.07 Å². The summed E-state index contributed by atoms with van der Waals surface area (Å²) in [5.74, 6) is 0. The van der Waals surface area contributed by atoms with Crippen LogP contribution in [-0.2, 0) is 0 Å². The first-order valence-electron chi connectivity index (χ1n) is 5.50. The van der Waals surface area contributed by atoms with Gasteiger partial charge in [0.15, 0.2) is 0 Å². The fraction of sp³-hybridized carbons (Fsp3) is 0.231. The minimum Gasteiger partial charge on any atom is -0.327 e. The van der Waals surface area contributed by atoms with Crippen LogP contribution in [0, 0.1) is 0 Å². The lowest BCUT2D eigenvalue weighted by Crippen LogP contribution is -2.23. The molecule has 0 aliphatic heterocycles. The van der Waals surface area contributed by atoms with Crippen molar-refractivity contribution in [3.05, 3.63) is 54.6 Å². The summed E-state index contributed by atoms with van der Waals surface area (Å²) in [7, 11) is 0. The molecule has 0 saturated carbocycles. The predicted molar refractivity (Wildman–Crippen MR) is 70.7 cm³/mol. The average molecular weight is 245 g/mol. The van der Waals surface area contributed by atoms with Crippen molar-refractivity contribution in [1.29, 1.82) is 0 Å². The molecule has 0 fully saturated rings. The summed E-state index contributed by atoms with van der Waals surface area (Å²) in [6.07, 6.45) is 5.38. The van der Waals surface area contributed by atoms with Gasteiger partial charge >= 0.3 is 0 Å². The van der Waals surface area contributed by atoms with Crippen molar-refractivity contribution >= 4 is 11.8 Å². The molecule has 2 rings (SSSR count). The summed E-state index contributed by atoms with van der Waals surface area (Å²) in [6.45, 7) is 2.01. The third kappa shape index (κ3) is 3.28. The van der Waals surface area contributed by atoms with Gasteiger partial charge in [-0.25, -0.2) is 0 Å². The van der Waals surface area contributed by atoms with E-state index in [4.69, 9.17) is 5.73 Å². The first-order chi connectivity index (χ1) is 8.27. The second-order valence-electron chi connectivity index (χ2n) is 3.84. The maximum Gasteiger partial charge on any atom is 0.0665 e. The Balaban J connectivity index is 2.20. The smallest absolute Gasteiger partial charge is 0.0665 e. The van der Waals surface area contributed by atoms with Crippen LogP contribution in [0.3, 0.4) is 0 Å². The number of hydrogen-bond acceptors (Lipinski definition) is 4. The Kier molecular flexibility index (Phi) is 4.12. The van der Waals surface area contributed by atoms with Crippen LogP contribution in [-0.4, -0.2) is 16.0 Å². The van der Waals surface area contributed by atoms with Gasteiger partial charge in [0.25, 0.3) is 0 Å². The Morgan fingerprint density at radius 3 is 2.47 bits per heavy atom. The maximum absolute atomic E-state index is 6.04. The Morgan fingerprint density at radius 2 is 1.88 bits per heavy atom. The summed E-state index contributed by atoms with van der Waals surface area (Å²) < 4.78 is 0. The molecule has 2 N–H and O–H groups in total. The lowest BCUT2D eigenvalue weighted by atomic mass is 10.2. The molecule has 2 unspecified atom stereocenters. The number of pyridine rings is 2. The minimum atomic E-state index is 0.0445. The third-order valence-corrected chi connectivity index (χ3v) is 3.84. The van der Waals surface area contributed by atoms with E-state index in [1.807, 2.05) is 37.3 Å². The Labute approximate surface area is 105 Å². The maximum atomic E-state index is 6.04. The number of nitrogens with two attached hydrogens (primary N) is 1. The van der Waals surface area contributed by atoms with Crippen molar-refractivity contribution in [2.45, 2.75) is 23.1 Å². The van der Waals surface area contributed by atoms with Gasteiger partial charge in [0.05, 0.1) is 10.9 Å². The summed E-state index contributed by atoms with van der Waals surface area (Å²) in [6, 6.07) is 9.95. The van der Waals surface area contributed by atoms with Crippen molar-refractivity contribution in [2.75, 3.05) is 0 Å². The van der Waals surface area contributed by atoms with Crippen LogP contribution in [0.25, 0.3) is 0 Å². The predicted octanol–water partition coefficient (Wildman–Crippen LogP) is 2.66. The van der Waals surface area contributed by atoms with Gasteiger partial charge in [0, 0.05) is 29.5 Å². The van der Waals surface area contributed by atoms with Gasteiger partial charge in [-0.3, -0.25) is 9.97 Å². The summed E-state index contributed by atoms with van der Waals surface area (Å²) in [5.41, 5.74) is 7.06. The molecule has 3 nitrogen and oxygen atoms in total. The van der Waals surface area contributed by atoms with Crippen molar-refractivity contribution < 1.29 is 0 Å². The van der Waals surface area contributed by atoms with E-state index < -0.39 is 0 Å². The highest BCUT2D eigenvalue weighted by Gasteiger charge is 2.18. The summed E-state index contributed by atoms with van der Waals surface area (Å²) >= 11 is 1.72. The third-order valence-electron chi connectivity index (χ3n) is 2.37. The first-order valence-corrected chi connectivity index (χ1v) is 6.38. The molecular formula is C13H15N3S. The standard InChI is InChI=1S/C13H15N3S/c1-10(14)13(12-4-2-3-7-16-12)17-11-5-8-15-9-6-11/h2-10,13H,14H2,1H3. The molecule has 0 aliphatic carbocycles. The SMILES string of the molecule is CC(N)C(Sc1ccncc1)c1ccccn1. The lowest BCUT2D eigenvalue weighted by Gasteiger charge is -2.19. The zero-order chi connectivity index (χ0) is 12.1. The quantitative estimate of drug-likeness (QED) is 0.841. The highest BCUT2D eigenvalue weighted by Crippen LogP contribution is 2.35. The van der Waals surface area contributed by atoms with Crippen LogP contribution in [0.2, 0.25) is 0 Å². The highest BCUT2D eigenvalue weighted by molar-refractivity contribution is 7.99. The molecule has 0 aromatic carbocycles. The topological polar surface area (TPSA) is 51.8 Å². The van der Waals surface area contributed by atoms with Gasteiger partial charge in [0.2, 0.25) is 0 Å². The van der Waals surface area contributed by atoms with E-state index in [1.54, 1.807) is 30.4 Å². The van der Waals surface area contributed by atoms with E-state index in [1.165, 1.54) is 0 Å². The van der Waals surface area contributed by atoms with Crippen LogP contribution in [0.4, 0.5) is 0 Å². The molecule has 0 spiro atoms. The Morgan fingerprint density at radius 1 is 1.12 bits per heavy atom. The lowest BCUT2D eigenvalue weighted by molar-refractivity contribution is 0.705. The normalized spacial score (nSPS) is 14.2. The summed E-state index contributed by atoms with van der Waals surface area (Å²) in [4.78, 5) is 9.55. The van der Waals surface area contributed by atoms with E-state index in [-0.39, 0.29) is 11.3 Å². The molecule has 2 aromatic heterocycles. The molecule has 2 atom stereocenters. The number of thioether (sulfide) groups is 1. The fourth-order valence-corrected chi connectivity index (χ4v) is 2.59. The number of nitrogens with zero attached hydrogens (tertiary/aromatic N) is 2. The van der Waals surface area contributed by atoms with Gasteiger partial charge < -0.3 is 5.73 Å². The van der Waals surface area contributed by atoms with E-state index in [0.29, 0.717) is 0 Å².